The van der Waals surface area contributed by atoms with Crippen molar-refractivity contribution in [3.8, 4) is 11.4 Å². The van der Waals surface area contributed by atoms with Crippen molar-refractivity contribution in [3.05, 3.63) is 73.0 Å². The zero-order chi connectivity index (χ0) is 18.0. The van der Waals surface area contributed by atoms with Crippen LogP contribution < -0.4 is 0 Å². The molecular formula is C15H9Cl2N5O2S. The molecule has 0 bridgehead atoms. The Labute approximate surface area is 156 Å². The molecule has 0 aliphatic heterocycles. The molecule has 0 fully saturated rings. The van der Waals surface area contributed by atoms with Gasteiger partial charge in [-0.05, 0) is 36.5 Å². The first kappa shape index (κ1) is 17.3. The van der Waals surface area contributed by atoms with E-state index < -0.39 is 4.92 Å². The van der Waals surface area contributed by atoms with Crippen molar-refractivity contribution in [2.45, 2.75) is 0 Å². The lowest BCUT2D eigenvalue weighted by molar-refractivity contribution is -0.385. The van der Waals surface area contributed by atoms with Crippen molar-refractivity contribution >= 4 is 47.3 Å². The molecule has 0 aliphatic rings. The normalized spacial score (nSPS) is 11.1. The highest BCUT2D eigenvalue weighted by Crippen LogP contribution is 2.29. The number of nitro benzene ring substituents is 1. The van der Waals surface area contributed by atoms with Gasteiger partial charge in [-0.25, -0.2) is 5.10 Å². The van der Waals surface area contributed by atoms with E-state index in [2.05, 4.69) is 15.3 Å². The van der Waals surface area contributed by atoms with E-state index in [0.717, 1.165) is 0 Å². The number of nitro groups is 1. The standard InChI is InChI=1S/C15H9Cl2N5O2S/c16-10-5-6-11(12(17)7-10)14-19-20-15(25)21(14)18-8-9-3-1-2-4-13(9)22(23)24/h1-8H,(H,20,25). The minimum absolute atomic E-state index is 0.0626. The number of halogens is 2. The molecule has 3 rings (SSSR count). The average Bonchev–Trinajstić information content (AvgIpc) is 2.94. The van der Waals surface area contributed by atoms with Crippen LogP contribution in [-0.2, 0) is 0 Å². The van der Waals surface area contributed by atoms with Crippen LogP contribution >= 0.6 is 35.4 Å². The molecule has 0 atom stereocenters. The molecule has 25 heavy (non-hydrogen) atoms. The van der Waals surface area contributed by atoms with Crippen LogP contribution in [0.3, 0.4) is 0 Å². The van der Waals surface area contributed by atoms with E-state index in [9.17, 15) is 10.1 Å². The van der Waals surface area contributed by atoms with Gasteiger partial charge in [-0.1, -0.05) is 35.3 Å². The summed E-state index contributed by atoms with van der Waals surface area (Å²) in [6, 6.07) is 11.2. The summed E-state index contributed by atoms with van der Waals surface area (Å²) in [5, 5.41) is 22.9. The van der Waals surface area contributed by atoms with E-state index in [1.165, 1.54) is 17.0 Å². The topological polar surface area (TPSA) is 89.1 Å². The fraction of sp³-hybridized carbons (Fsp3) is 0. The summed E-state index contributed by atoms with van der Waals surface area (Å²) in [6.07, 6.45) is 1.34. The summed E-state index contributed by atoms with van der Waals surface area (Å²) in [4.78, 5) is 10.6. The van der Waals surface area contributed by atoms with Crippen molar-refractivity contribution in [3.63, 3.8) is 0 Å². The third-order valence-electron chi connectivity index (χ3n) is 3.27. The Balaban J connectivity index is 2.07. The first-order chi connectivity index (χ1) is 12.0. The highest BCUT2D eigenvalue weighted by Gasteiger charge is 2.14. The molecule has 0 aliphatic carbocycles. The number of H-pyrrole nitrogens is 1. The molecular weight excluding hydrogens is 385 g/mol. The molecule has 1 heterocycles. The van der Waals surface area contributed by atoms with Crippen molar-refractivity contribution < 1.29 is 4.92 Å². The summed E-state index contributed by atoms with van der Waals surface area (Å²) >= 11 is 17.3. The summed E-state index contributed by atoms with van der Waals surface area (Å²) in [5.74, 6) is 0.363. The maximum atomic E-state index is 11.1. The number of rotatable bonds is 4. The third-order valence-corrected chi connectivity index (χ3v) is 4.08. The SMILES string of the molecule is O=[N+]([O-])c1ccccc1C=Nn1c(-c2ccc(Cl)cc2Cl)n[nH]c1=S. The summed E-state index contributed by atoms with van der Waals surface area (Å²) in [7, 11) is 0. The van der Waals surface area contributed by atoms with Crippen LogP contribution in [-0.4, -0.2) is 26.0 Å². The fourth-order valence-electron chi connectivity index (χ4n) is 2.13. The van der Waals surface area contributed by atoms with Gasteiger partial charge in [-0.2, -0.15) is 14.9 Å². The second-order valence-electron chi connectivity index (χ2n) is 4.85. The monoisotopic (exact) mass is 393 g/mol. The average molecular weight is 394 g/mol. The van der Waals surface area contributed by atoms with Gasteiger partial charge in [0.25, 0.3) is 5.69 Å². The van der Waals surface area contributed by atoms with Gasteiger partial charge in [0.15, 0.2) is 5.82 Å². The molecule has 0 radical (unpaired) electrons. The first-order valence-electron chi connectivity index (χ1n) is 6.88. The zero-order valence-electron chi connectivity index (χ0n) is 12.4. The molecule has 7 nitrogen and oxygen atoms in total. The second kappa shape index (κ2) is 7.14. The molecule has 10 heteroatoms. The van der Waals surface area contributed by atoms with Crippen LogP contribution in [0.15, 0.2) is 47.6 Å². The van der Waals surface area contributed by atoms with Gasteiger partial charge in [0.2, 0.25) is 4.77 Å². The van der Waals surface area contributed by atoms with Crippen molar-refractivity contribution in [1.29, 1.82) is 0 Å². The Morgan fingerprint density at radius 1 is 1.28 bits per heavy atom. The molecule has 1 N–H and O–H groups in total. The van der Waals surface area contributed by atoms with Crippen molar-refractivity contribution in [2.75, 3.05) is 0 Å². The third kappa shape index (κ3) is 3.60. The van der Waals surface area contributed by atoms with Crippen LogP contribution in [0.4, 0.5) is 5.69 Å². The minimum Gasteiger partial charge on any atom is -0.258 e. The molecule has 3 aromatic rings. The number of hydrogen-bond acceptors (Lipinski definition) is 5. The van der Waals surface area contributed by atoms with E-state index in [4.69, 9.17) is 35.4 Å². The molecule has 0 saturated carbocycles. The Morgan fingerprint density at radius 3 is 2.76 bits per heavy atom. The van der Waals surface area contributed by atoms with Gasteiger partial charge in [0.1, 0.15) is 0 Å². The first-order valence-corrected chi connectivity index (χ1v) is 8.04. The Morgan fingerprint density at radius 2 is 2.04 bits per heavy atom. The largest absolute Gasteiger partial charge is 0.278 e. The Bertz CT molecular complexity index is 1040. The van der Waals surface area contributed by atoms with Crippen molar-refractivity contribution in [2.24, 2.45) is 5.10 Å². The maximum Gasteiger partial charge on any atom is 0.278 e. The lowest BCUT2D eigenvalue weighted by Gasteiger charge is -2.04. The predicted molar refractivity (Wildman–Crippen MR) is 99.0 cm³/mol. The molecule has 0 unspecified atom stereocenters. The van der Waals surface area contributed by atoms with Gasteiger partial charge in [-0.3, -0.25) is 10.1 Å². The lowest BCUT2D eigenvalue weighted by atomic mass is 10.2. The van der Waals surface area contributed by atoms with Gasteiger partial charge in [0, 0.05) is 16.7 Å². The molecule has 126 valence electrons. The highest BCUT2D eigenvalue weighted by molar-refractivity contribution is 7.71. The van der Waals surface area contributed by atoms with E-state index in [1.807, 2.05) is 0 Å². The van der Waals surface area contributed by atoms with E-state index in [1.54, 1.807) is 36.4 Å². The summed E-state index contributed by atoms with van der Waals surface area (Å²) < 4.78 is 1.55. The summed E-state index contributed by atoms with van der Waals surface area (Å²) in [6.45, 7) is 0. The van der Waals surface area contributed by atoms with Crippen LogP contribution in [0.2, 0.25) is 10.0 Å². The van der Waals surface area contributed by atoms with Gasteiger partial charge in [0.05, 0.1) is 21.7 Å². The quantitative estimate of drug-likeness (QED) is 0.301. The fourth-order valence-corrected chi connectivity index (χ4v) is 2.80. The number of nitrogens with one attached hydrogen (secondary N) is 1. The van der Waals surface area contributed by atoms with Crippen molar-refractivity contribution in [1.82, 2.24) is 14.9 Å². The summed E-state index contributed by atoms with van der Waals surface area (Å²) in [5.41, 5.74) is 0.842. The lowest BCUT2D eigenvalue weighted by Crippen LogP contribution is -1.98. The van der Waals surface area contributed by atoms with Gasteiger partial charge < -0.3 is 0 Å². The Hall–Kier alpha value is -2.55. The Kier molecular flexibility index (Phi) is 4.93. The van der Waals surface area contributed by atoms with E-state index in [-0.39, 0.29) is 10.5 Å². The maximum absolute atomic E-state index is 11.1. The smallest absolute Gasteiger partial charge is 0.258 e. The van der Waals surface area contributed by atoms with Crippen LogP contribution in [0.25, 0.3) is 11.4 Å². The molecule has 2 aromatic carbocycles. The molecule has 1 aromatic heterocycles. The van der Waals surface area contributed by atoms with Gasteiger partial charge in [-0.15, -0.1) is 0 Å². The minimum atomic E-state index is -0.479. The second-order valence-corrected chi connectivity index (χ2v) is 6.08. The number of benzene rings is 2. The molecule has 0 amide bonds. The van der Waals surface area contributed by atoms with Crippen LogP contribution in [0.1, 0.15) is 5.56 Å². The molecule has 0 saturated heterocycles. The molecule has 0 spiro atoms. The number of hydrogen-bond donors (Lipinski definition) is 1. The van der Waals surface area contributed by atoms with E-state index in [0.29, 0.717) is 27.0 Å². The van der Waals surface area contributed by atoms with Crippen LogP contribution in [0.5, 0.6) is 0 Å². The van der Waals surface area contributed by atoms with E-state index >= 15 is 0 Å². The highest BCUT2D eigenvalue weighted by atomic mass is 35.5. The van der Waals surface area contributed by atoms with Gasteiger partial charge >= 0.3 is 0 Å². The number of aromatic nitrogens is 3. The van der Waals surface area contributed by atoms with Crippen LogP contribution in [0, 0.1) is 14.9 Å². The predicted octanol–water partition coefficient (Wildman–Crippen LogP) is 4.70. The number of aromatic amines is 1. The number of nitrogens with zero attached hydrogens (tertiary/aromatic N) is 4. The zero-order valence-corrected chi connectivity index (χ0v) is 14.7. The number of para-hydroxylation sites is 1.